The summed E-state index contributed by atoms with van der Waals surface area (Å²) in [6.07, 6.45) is 4.79. The number of para-hydroxylation sites is 1. The molecule has 0 saturated heterocycles. The van der Waals surface area contributed by atoms with E-state index in [0.29, 0.717) is 23.7 Å². The predicted octanol–water partition coefficient (Wildman–Crippen LogP) is 4.20. The number of amidine groups is 1. The van der Waals surface area contributed by atoms with E-state index in [1.807, 2.05) is 26.8 Å². The fraction of sp³-hybridized carbons (Fsp3) is 0.409. The minimum absolute atomic E-state index is 0.152. The Morgan fingerprint density at radius 1 is 1.36 bits per heavy atom. The molecule has 0 spiro atoms. The summed E-state index contributed by atoms with van der Waals surface area (Å²) < 4.78 is 4.55. The monoisotopic (exact) mass is 383 g/mol. The molecule has 1 aliphatic heterocycles. The highest BCUT2D eigenvalue weighted by atomic mass is 16.5. The summed E-state index contributed by atoms with van der Waals surface area (Å²) in [4.78, 5) is 14.0. The molecule has 0 amide bonds. The van der Waals surface area contributed by atoms with Gasteiger partial charge in [0.25, 0.3) is 6.47 Å². The van der Waals surface area contributed by atoms with Crippen molar-refractivity contribution in [2.45, 2.75) is 52.6 Å². The molecular formula is C22H29N3O3. The van der Waals surface area contributed by atoms with E-state index in [1.165, 1.54) is 0 Å². The number of phenolic OH excluding ortho intramolecular Hbond substituents is 1. The second-order valence-electron chi connectivity index (χ2n) is 8.09. The van der Waals surface area contributed by atoms with E-state index < -0.39 is 0 Å². The van der Waals surface area contributed by atoms with Gasteiger partial charge in [0, 0.05) is 22.5 Å². The van der Waals surface area contributed by atoms with E-state index in [4.69, 9.17) is 11.1 Å². The van der Waals surface area contributed by atoms with Crippen LogP contribution in [0.15, 0.2) is 46.5 Å². The predicted molar refractivity (Wildman–Crippen MR) is 112 cm³/mol. The number of ether oxygens (including phenoxy) is 1. The van der Waals surface area contributed by atoms with Gasteiger partial charge in [-0.2, -0.15) is 0 Å². The van der Waals surface area contributed by atoms with Crippen LogP contribution < -0.4 is 5.73 Å². The van der Waals surface area contributed by atoms with Gasteiger partial charge >= 0.3 is 0 Å². The first-order valence-corrected chi connectivity index (χ1v) is 9.39. The van der Waals surface area contributed by atoms with E-state index in [0.717, 1.165) is 36.1 Å². The minimum atomic E-state index is -0.318. The number of nitrogens with zero attached hydrogens (tertiary/aromatic N) is 1. The molecule has 6 nitrogen and oxygen atoms in total. The minimum Gasteiger partial charge on any atom is -0.507 e. The van der Waals surface area contributed by atoms with E-state index in [1.54, 1.807) is 24.3 Å². The molecule has 3 rings (SSSR count). The number of aliphatic imine (C=N–C) groups is 1. The lowest BCUT2D eigenvalue weighted by Crippen LogP contribution is -2.17. The number of rotatable bonds is 3. The number of nitrogens with one attached hydrogen (secondary N) is 1. The zero-order chi connectivity index (χ0) is 20.9. The second kappa shape index (κ2) is 8.87. The summed E-state index contributed by atoms with van der Waals surface area (Å²) in [5, 5.41) is 17.9. The van der Waals surface area contributed by atoms with Crippen LogP contribution in [0.25, 0.3) is 5.70 Å². The van der Waals surface area contributed by atoms with Gasteiger partial charge in [0.1, 0.15) is 11.4 Å². The van der Waals surface area contributed by atoms with Crippen molar-refractivity contribution in [3.05, 3.63) is 47.1 Å². The van der Waals surface area contributed by atoms with Crippen LogP contribution in [0.5, 0.6) is 5.75 Å². The Morgan fingerprint density at radius 2 is 2.04 bits per heavy atom. The number of aromatic hydroxyl groups is 1. The van der Waals surface area contributed by atoms with Crippen molar-refractivity contribution in [2.24, 2.45) is 16.6 Å². The third-order valence-corrected chi connectivity index (χ3v) is 4.52. The number of fused-ring (bicyclic) bond motifs is 1. The molecule has 4 N–H and O–H groups in total. The summed E-state index contributed by atoms with van der Waals surface area (Å²) in [5.41, 5.74) is 9.85. The SMILES string of the molecule is CC(C)(C)OC=O.CC1CCC2=NC(=N)C(/C=C(\N)c3ccccc3O)=C2C1. The van der Waals surface area contributed by atoms with Crippen molar-refractivity contribution < 1.29 is 14.6 Å². The highest BCUT2D eigenvalue weighted by Gasteiger charge is 2.28. The number of benzene rings is 1. The summed E-state index contributed by atoms with van der Waals surface area (Å²) in [5.74, 6) is 1.05. The fourth-order valence-electron chi connectivity index (χ4n) is 3.08. The van der Waals surface area contributed by atoms with Crippen molar-refractivity contribution in [1.29, 1.82) is 5.41 Å². The first-order chi connectivity index (χ1) is 13.1. The number of phenols is 1. The normalized spacial score (nSPS) is 19.4. The zero-order valence-corrected chi connectivity index (χ0v) is 17.0. The smallest absolute Gasteiger partial charge is 0.293 e. The van der Waals surface area contributed by atoms with Crippen LogP contribution in [0.2, 0.25) is 0 Å². The average Bonchev–Trinajstić information content (AvgIpc) is 2.90. The molecule has 1 aliphatic carbocycles. The van der Waals surface area contributed by atoms with Crippen molar-refractivity contribution in [1.82, 2.24) is 0 Å². The largest absolute Gasteiger partial charge is 0.507 e. The molecule has 0 aromatic heterocycles. The third-order valence-electron chi connectivity index (χ3n) is 4.52. The summed E-state index contributed by atoms with van der Waals surface area (Å²) in [6.45, 7) is 8.14. The second-order valence-corrected chi connectivity index (χ2v) is 8.09. The van der Waals surface area contributed by atoms with Gasteiger partial charge in [0.2, 0.25) is 0 Å². The molecule has 6 heteroatoms. The third kappa shape index (κ3) is 5.55. The molecule has 0 bridgehead atoms. The van der Waals surface area contributed by atoms with Gasteiger partial charge in [-0.3, -0.25) is 10.2 Å². The number of carbonyl (C=O) groups is 1. The first kappa shape index (κ1) is 21.4. The maximum Gasteiger partial charge on any atom is 0.293 e. The first-order valence-electron chi connectivity index (χ1n) is 9.39. The Kier molecular flexibility index (Phi) is 6.78. The van der Waals surface area contributed by atoms with Gasteiger partial charge in [-0.05, 0) is 69.7 Å². The van der Waals surface area contributed by atoms with Crippen molar-refractivity contribution in [2.75, 3.05) is 0 Å². The van der Waals surface area contributed by atoms with Crippen LogP contribution in [0.3, 0.4) is 0 Å². The van der Waals surface area contributed by atoms with Gasteiger partial charge in [-0.25, -0.2) is 4.99 Å². The van der Waals surface area contributed by atoms with Crippen LogP contribution in [-0.2, 0) is 9.53 Å². The Labute approximate surface area is 166 Å². The van der Waals surface area contributed by atoms with Crippen molar-refractivity contribution in [3.8, 4) is 5.75 Å². The molecule has 1 aromatic carbocycles. The maximum absolute atomic E-state index is 9.88. The summed E-state index contributed by atoms with van der Waals surface area (Å²) in [6, 6.07) is 6.97. The number of nitrogens with two attached hydrogens (primary N) is 1. The molecule has 1 heterocycles. The van der Waals surface area contributed by atoms with Gasteiger partial charge in [-0.1, -0.05) is 19.1 Å². The molecule has 1 saturated carbocycles. The van der Waals surface area contributed by atoms with Crippen LogP contribution >= 0.6 is 0 Å². The zero-order valence-electron chi connectivity index (χ0n) is 17.0. The molecular weight excluding hydrogens is 354 g/mol. The summed E-state index contributed by atoms with van der Waals surface area (Å²) in [7, 11) is 0. The quantitative estimate of drug-likeness (QED) is 0.680. The van der Waals surface area contributed by atoms with E-state index >= 15 is 0 Å². The van der Waals surface area contributed by atoms with Crippen LogP contribution in [-0.4, -0.2) is 28.7 Å². The molecule has 28 heavy (non-hydrogen) atoms. The highest BCUT2D eigenvalue weighted by Crippen LogP contribution is 2.34. The maximum atomic E-state index is 9.88. The number of allylic oxidation sites excluding steroid dienone is 1. The average molecular weight is 383 g/mol. The lowest BCUT2D eigenvalue weighted by Gasteiger charge is -2.20. The lowest BCUT2D eigenvalue weighted by atomic mass is 9.84. The Bertz CT molecular complexity index is 845. The van der Waals surface area contributed by atoms with Gasteiger partial charge in [0.05, 0.1) is 0 Å². The van der Waals surface area contributed by atoms with Crippen LogP contribution in [0.4, 0.5) is 0 Å². The molecule has 0 radical (unpaired) electrons. The fourth-order valence-corrected chi connectivity index (χ4v) is 3.08. The topological polar surface area (TPSA) is 109 Å². The molecule has 1 aromatic rings. The Hall–Kier alpha value is -2.89. The lowest BCUT2D eigenvalue weighted by molar-refractivity contribution is -0.138. The van der Waals surface area contributed by atoms with E-state index in [2.05, 4.69) is 16.7 Å². The molecule has 2 aliphatic rings. The van der Waals surface area contributed by atoms with Crippen LogP contribution in [0, 0.1) is 11.3 Å². The molecule has 1 fully saturated rings. The van der Waals surface area contributed by atoms with Gasteiger partial charge < -0.3 is 15.6 Å². The van der Waals surface area contributed by atoms with Gasteiger partial charge in [0.15, 0.2) is 5.84 Å². The highest BCUT2D eigenvalue weighted by molar-refractivity contribution is 6.22. The number of hydrogen-bond donors (Lipinski definition) is 3. The van der Waals surface area contributed by atoms with Crippen LogP contribution in [0.1, 0.15) is 52.5 Å². The van der Waals surface area contributed by atoms with Gasteiger partial charge in [-0.15, -0.1) is 0 Å². The number of hydrogen-bond acceptors (Lipinski definition) is 5. The number of carbonyl (C=O) groups excluding carboxylic acids is 1. The van der Waals surface area contributed by atoms with Crippen molar-refractivity contribution in [3.63, 3.8) is 0 Å². The van der Waals surface area contributed by atoms with E-state index in [9.17, 15) is 9.90 Å². The standard InChI is InChI=1S/C17H19N3O.C5H10O2/c1-10-6-7-15-12(8-10)13(17(19)20-15)9-14(18)11-4-2-3-5-16(11)21;1-5(2,3)7-4-6/h2-5,9-10,19,21H,6-8,18H2,1H3;4H,1-3H3/b14-9-,19-17?;. The Morgan fingerprint density at radius 3 is 2.61 bits per heavy atom. The van der Waals surface area contributed by atoms with E-state index in [-0.39, 0.29) is 17.2 Å². The Balaban J connectivity index is 0.000000345. The molecule has 1 atom stereocenters. The van der Waals surface area contributed by atoms with Crippen molar-refractivity contribution >= 4 is 23.7 Å². The summed E-state index contributed by atoms with van der Waals surface area (Å²) >= 11 is 0. The molecule has 1 unspecified atom stereocenters. The molecule has 150 valence electrons.